The van der Waals surface area contributed by atoms with E-state index in [1.54, 1.807) is 37.3 Å². The molecule has 0 spiro atoms. The van der Waals surface area contributed by atoms with Crippen molar-refractivity contribution in [1.82, 2.24) is 5.43 Å². The maximum absolute atomic E-state index is 12.0. The second kappa shape index (κ2) is 10.1. The van der Waals surface area contributed by atoms with Crippen LogP contribution in [0.4, 0.5) is 5.69 Å². The predicted octanol–water partition coefficient (Wildman–Crippen LogP) is 4.31. The summed E-state index contributed by atoms with van der Waals surface area (Å²) in [7, 11) is 0. The molecule has 0 heterocycles. The molecular formula is C19H19BrClN3O3. The molecule has 0 aliphatic rings. The van der Waals surface area contributed by atoms with Crippen LogP contribution in [0.15, 0.2) is 52.0 Å². The molecule has 6 nitrogen and oxygen atoms in total. The van der Waals surface area contributed by atoms with E-state index < -0.39 is 5.91 Å². The van der Waals surface area contributed by atoms with Gasteiger partial charge in [-0.1, -0.05) is 33.6 Å². The van der Waals surface area contributed by atoms with E-state index in [0.717, 1.165) is 10.0 Å². The molecule has 2 rings (SSSR count). The van der Waals surface area contributed by atoms with Crippen molar-refractivity contribution in [3.8, 4) is 5.75 Å². The number of hydrogen-bond donors (Lipinski definition) is 2. The van der Waals surface area contributed by atoms with Crippen LogP contribution in [0.3, 0.4) is 0 Å². The Morgan fingerprint density at radius 3 is 2.67 bits per heavy atom. The van der Waals surface area contributed by atoms with E-state index in [4.69, 9.17) is 16.3 Å². The van der Waals surface area contributed by atoms with Gasteiger partial charge in [0.1, 0.15) is 5.75 Å². The fraction of sp³-hybridized carbons (Fsp3) is 0.211. The van der Waals surface area contributed by atoms with Gasteiger partial charge in [0.2, 0.25) is 5.91 Å². The summed E-state index contributed by atoms with van der Waals surface area (Å²) in [6.45, 7) is 3.37. The van der Waals surface area contributed by atoms with E-state index >= 15 is 0 Å². The zero-order valence-corrected chi connectivity index (χ0v) is 17.2. The van der Waals surface area contributed by atoms with Crippen molar-refractivity contribution in [2.24, 2.45) is 5.10 Å². The molecule has 142 valence electrons. The summed E-state index contributed by atoms with van der Waals surface area (Å²) in [5.74, 6) is -0.0450. The van der Waals surface area contributed by atoms with Crippen LogP contribution in [0.5, 0.6) is 5.75 Å². The molecule has 0 unspecified atom stereocenters. The van der Waals surface area contributed by atoms with E-state index in [2.05, 4.69) is 31.8 Å². The van der Waals surface area contributed by atoms with Crippen LogP contribution in [0, 0.1) is 6.92 Å². The maximum atomic E-state index is 12.0. The Hall–Kier alpha value is -2.38. The number of nitrogens with one attached hydrogen (secondary N) is 2. The Balaban J connectivity index is 1.78. The second-order valence-electron chi connectivity index (χ2n) is 5.82. The number of nitrogens with zero attached hydrogens (tertiary/aromatic N) is 1. The highest BCUT2D eigenvalue weighted by Crippen LogP contribution is 2.22. The molecule has 0 aliphatic heterocycles. The largest absolute Gasteiger partial charge is 0.483 e. The molecule has 2 aromatic carbocycles. The number of hydrogen-bond acceptors (Lipinski definition) is 4. The first-order valence-electron chi connectivity index (χ1n) is 8.10. The molecule has 0 saturated carbocycles. The van der Waals surface area contributed by atoms with Gasteiger partial charge >= 0.3 is 0 Å². The van der Waals surface area contributed by atoms with E-state index in [1.165, 1.54) is 0 Å². The van der Waals surface area contributed by atoms with Gasteiger partial charge in [-0.3, -0.25) is 9.59 Å². The highest BCUT2D eigenvalue weighted by Gasteiger charge is 2.07. The molecule has 0 radical (unpaired) electrons. The van der Waals surface area contributed by atoms with Gasteiger partial charge in [0, 0.05) is 20.9 Å². The molecule has 27 heavy (non-hydrogen) atoms. The molecule has 0 aromatic heterocycles. The number of halogens is 2. The summed E-state index contributed by atoms with van der Waals surface area (Å²) in [6.07, 6.45) is 0.0411. The van der Waals surface area contributed by atoms with Crippen LogP contribution < -0.4 is 15.5 Å². The van der Waals surface area contributed by atoms with Gasteiger partial charge in [-0.15, -0.1) is 0 Å². The first kappa shape index (κ1) is 20.9. The normalized spacial score (nSPS) is 11.0. The summed E-state index contributed by atoms with van der Waals surface area (Å²) >= 11 is 9.24. The van der Waals surface area contributed by atoms with E-state index in [-0.39, 0.29) is 18.9 Å². The molecule has 0 saturated heterocycles. The Morgan fingerprint density at radius 2 is 1.96 bits per heavy atom. The standard InChI is InChI=1S/C19H19BrClN3O3/c1-12-8-14(20)6-7-17(12)27-11-19(26)24-23-13(2)9-18(25)22-16-5-3-4-15(21)10-16/h3-8,10H,9,11H2,1-2H3,(H,22,25)(H,24,26)/b23-13+. The molecular weight excluding hydrogens is 434 g/mol. The Morgan fingerprint density at radius 1 is 1.19 bits per heavy atom. The molecule has 0 fully saturated rings. The number of ether oxygens (including phenoxy) is 1. The smallest absolute Gasteiger partial charge is 0.277 e. The summed E-state index contributed by atoms with van der Waals surface area (Å²) in [5.41, 5.74) is 4.35. The number of anilines is 1. The molecule has 2 amide bonds. The zero-order chi connectivity index (χ0) is 19.8. The lowest BCUT2D eigenvalue weighted by atomic mass is 10.2. The minimum atomic E-state index is -0.410. The van der Waals surface area contributed by atoms with E-state index in [1.807, 2.05) is 19.1 Å². The summed E-state index contributed by atoms with van der Waals surface area (Å²) in [5, 5.41) is 7.16. The number of amides is 2. The van der Waals surface area contributed by atoms with Crippen LogP contribution in [0.2, 0.25) is 5.02 Å². The molecule has 0 aliphatic carbocycles. The topological polar surface area (TPSA) is 79.8 Å². The summed E-state index contributed by atoms with van der Waals surface area (Å²) in [6, 6.07) is 12.4. The first-order valence-corrected chi connectivity index (χ1v) is 9.27. The first-order chi connectivity index (χ1) is 12.8. The van der Waals surface area contributed by atoms with Crippen LogP contribution in [0.1, 0.15) is 18.9 Å². The number of carbonyl (C=O) groups excluding carboxylic acids is 2. The van der Waals surface area contributed by atoms with Crippen LogP contribution in [-0.2, 0) is 9.59 Å². The molecule has 2 N–H and O–H groups in total. The highest BCUT2D eigenvalue weighted by molar-refractivity contribution is 9.10. The minimum Gasteiger partial charge on any atom is -0.483 e. The summed E-state index contributed by atoms with van der Waals surface area (Å²) < 4.78 is 6.40. The van der Waals surface area contributed by atoms with Crippen molar-refractivity contribution in [2.45, 2.75) is 20.3 Å². The van der Waals surface area contributed by atoms with Gasteiger partial charge in [0.25, 0.3) is 5.91 Å². The highest BCUT2D eigenvalue weighted by atomic mass is 79.9. The second-order valence-corrected chi connectivity index (χ2v) is 7.17. The van der Waals surface area contributed by atoms with E-state index in [0.29, 0.717) is 22.2 Å². The number of aryl methyl sites for hydroxylation is 1. The third kappa shape index (κ3) is 7.40. The van der Waals surface area contributed by atoms with Crippen molar-refractivity contribution in [2.75, 3.05) is 11.9 Å². The van der Waals surface area contributed by atoms with Crippen molar-refractivity contribution in [3.63, 3.8) is 0 Å². The minimum absolute atomic E-state index is 0.0411. The lowest BCUT2D eigenvalue weighted by Gasteiger charge is -2.09. The van der Waals surface area contributed by atoms with Gasteiger partial charge in [0.05, 0.1) is 6.42 Å². The van der Waals surface area contributed by atoms with Crippen molar-refractivity contribution in [3.05, 3.63) is 57.5 Å². The van der Waals surface area contributed by atoms with Crippen LogP contribution in [0.25, 0.3) is 0 Å². The average Bonchev–Trinajstić information content (AvgIpc) is 2.59. The SMILES string of the molecule is C/C(CC(=O)Nc1cccc(Cl)c1)=N\NC(=O)COc1ccc(Br)cc1C. The zero-order valence-electron chi connectivity index (χ0n) is 14.9. The third-order valence-corrected chi connectivity index (χ3v) is 4.12. The lowest BCUT2D eigenvalue weighted by Crippen LogP contribution is -2.26. The molecule has 2 aromatic rings. The third-order valence-electron chi connectivity index (χ3n) is 3.39. The number of carbonyl (C=O) groups is 2. The lowest BCUT2D eigenvalue weighted by molar-refractivity contribution is -0.123. The molecule has 8 heteroatoms. The number of benzene rings is 2. The molecule has 0 bridgehead atoms. The van der Waals surface area contributed by atoms with E-state index in [9.17, 15) is 9.59 Å². The summed E-state index contributed by atoms with van der Waals surface area (Å²) in [4.78, 5) is 23.8. The van der Waals surface area contributed by atoms with Crippen LogP contribution in [-0.4, -0.2) is 24.1 Å². The van der Waals surface area contributed by atoms with Gasteiger partial charge in [-0.05, 0) is 55.8 Å². The average molecular weight is 453 g/mol. The van der Waals surface area contributed by atoms with Gasteiger partial charge in [-0.2, -0.15) is 5.10 Å². The van der Waals surface area contributed by atoms with Gasteiger partial charge in [0.15, 0.2) is 6.61 Å². The van der Waals surface area contributed by atoms with Crippen molar-refractivity contribution in [1.29, 1.82) is 0 Å². The Labute approximate surface area is 171 Å². The monoisotopic (exact) mass is 451 g/mol. The number of hydrazone groups is 1. The van der Waals surface area contributed by atoms with Crippen molar-refractivity contribution >= 4 is 50.7 Å². The van der Waals surface area contributed by atoms with Crippen molar-refractivity contribution < 1.29 is 14.3 Å². The maximum Gasteiger partial charge on any atom is 0.277 e. The predicted molar refractivity (Wildman–Crippen MR) is 110 cm³/mol. The fourth-order valence-corrected chi connectivity index (χ4v) is 2.82. The Kier molecular flexibility index (Phi) is 7.82. The molecule has 0 atom stereocenters. The number of rotatable bonds is 7. The quantitative estimate of drug-likeness (QED) is 0.485. The van der Waals surface area contributed by atoms with Gasteiger partial charge in [-0.25, -0.2) is 5.43 Å². The Bertz CT molecular complexity index is 871. The van der Waals surface area contributed by atoms with Gasteiger partial charge < -0.3 is 10.1 Å². The fourth-order valence-electron chi connectivity index (χ4n) is 2.15. The van der Waals surface area contributed by atoms with Crippen LogP contribution >= 0.6 is 27.5 Å².